The van der Waals surface area contributed by atoms with Crippen LogP contribution in [0.1, 0.15) is 5.69 Å². The van der Waals surface area contributed by atoms with Gasteiger partial charge in [-0.05, 0) is 36.4 Å². The first-order valence-electron chi connectivity index (χ1n) is 7.42. The summed E-state index contributed by atoms with van der Waals surface area (Å²) >= 11 is 0. The van der Waals surface area contributed by atoms with E-state index < -0.39 is 0 Å². The fraction of sp³-hybridized carbons (Fsp3) is 0.167. The van der Waals surface area contributed by atoms with E-state index in [2.05, 4.69) is 10.1 Å². The third-order valence-corrected chi connectivity index (χ3v) is 3.58. The van der Waals surface area contributed by atoms with Crippen molar-refractivity contribution in [3.63, 3.8) is 0 Å². The molecule has 0 unspecified atom stereocenters. The first kappa shape index (κ1) is 15.7. The molecule has 0 saturated heterocycles. The van der Waals surface area contributed by atoms with Gasteiger partial charge in [-0.1, -0.05) is 6.07 Å². The number of aromatic nitrogens is 3. The number of hydrogen-bond donors (Lipinski definition) is 0. The van der Waals surface area contributed by atoms with Crippen LogP contribution in [0.3, 0.4) is 0 Å². The van der Waals surface area contributed by atoms with Crippen LogP contribution < -0.4 is 15.0 Å². The van der Waals surface area contributed by atoms with Crippen LogP contribution in [0.15, 0.2) is 59.5 Å². The number of ether oxygens (including phenoxy) is 2. The molecule has 6 heteroatoms. The largest absolute Gasteiger partial charge is 0.493 e. The standard InChI is InChI=1S/C18H17N3O3/c1-23-16-8-6-13(11-17(16)24-2)15-7-9-18(22)21(20-15)12-14-5-3-4-10-19-14/h3-11H,12H2,1-2H3. The van der Waals surface area contributed by atoms with Crippen LogP contribution in [0.4, 0.5) is 0 Å². The zero-order chi connectivity index (χ0) is 16.9. The van der Waals surface area contributed by atoms with Crippen molar-refractivity contribution >= 4 is 0 Å². The molecule has 3 aromatic rings. The summed E-state index contributed by atoms with van der Waals surface area (Å²) in [6.45, 7) is 0.320. The lowest BCUT2D eigenvalue weighted by molar-refractivity contribution is 0.355. The normalized spacial score (nSPS) is 10.4. The predicted molar refractivity (Wildman–Crippen MR) is 90.4 cm³/mol. The predicted octanol–water partition coefficient (Wildman–Crippen LogP) is 2.37. The van der Waals surface area contributed by atoms with Gasteiger partial charge in [-0.15, -0.1) is 0 Å². The van der Waals surface area contributed by atoms with Gasteiger partial charge in [0.1, 0.15) is 0 Å². The Bertz CT molecular complexity index is 892. The summed E-state index contributed by atoms with van der Waals surface area (Å²) in [6, 6.07) is 14.3. The molecule has 0 bridgehead atoms. The van der Waals surface area contributed by atoms with Crippen molar-refractivity contribution in [2.75, 3.05) is 14.2 Å². The van der Waals surface area contributed by atoms with Gasteiger partial charge in [0.2, 0.25) is 0 Å². The van der Waals surface area contributed by atoms with Gasteiger partial charge in [-0.25, -0.2) is 4.68 Å². The summed E-state index contributed by atoms with van der Waals surface area (Å²) in [7, 11) is 3.17. The lowest BCUT2D eigenvalue weighted by atomic mass is 10.1. The topological polar surface area (TPSA) is 66.2 Å². The average molecular weight is 323 g/mol. The molecule has 0 spiro atoms. The minimum Gasteiger partial charge on any atom is -0.493 e. The molecule has 0 aliphatic carbocycles. The van der Waals surface area contributed by atoms with Gasteiger partial charge in [0.05, 0.1) is 32.2 Å². The highest BCUT2D eigenvalue weighted by Gasteiger charge is 2.09. The van der Waals surface area contributed by atoms with E-state index in [9.17, 15) is 4.79 Å². The molecule has 1 aromatic carbocycles. The van der Waals surface area contributed by atoms with E-state index in [4.69, 9.17) is 9.47 Å². The van der Waals surface area contributed by atoms with Crippen molar-refractivity contribution < 1.29 is 9.47 Å². The molecule has 0 radical (unpaired) electrons. The number of hydrogen-bond acceptors (Lipinski definition) is 5. The minimum atomic E-state index is -0.176. The third kappa shape index (κ3) is 3.27. The van der Waals surface area contributed by atoms with E-state index in [0.717, 1.165) is 11.3 Å². The average Bonchev–Trinajstić information content (AvgIpc) is 2.64. The fourth-order valence-corrected chi connectivity index (χ4v) is 2.36. The lowest BCUT2D eigenvalue weighted by Crippen LogP contribution is -2.23. The number of benzene rings is 1. The van der Waals surface area contributed by atoms with E-state index in [1.807, 2.05) is 36.4 Å². The Morgan fingerprint density at radius 2 is 1.83 bits per heavy atom. The van der Waals surface area contributed by atoms with Gasteiger partial charge in [0, 0.05) is 17.8 Å². The highest BCUT2D eigenvalue weighted by Crippen LogP contribution is 2.31. The minimum absolute atomic E-state index is 0.176. The highest BCUT2D eigenvalue weighted by molar-refractivity contribution is 5.63. The van der Waals surface area contributed by atoms with Gasteiger partial charge in [-0.3, -0.25) is 9.78 Å². The molecule has 0 aliphatic rings. The Morgan fingerprint density at radius 1 is 1.00 bits per heavy atom. The molecular weight excluding hydrogens is 306 g/mol. The van der Waals surface area contributed by atoms with E-state index >= 15 is 0 Å². The molecule has 0 saturated carbocycles. The third-order valence-electron chi connectivity index (χ3n) is 3.58. The van der Waals surface area contributed by atoms with E-state index in [-0.39, 0.29) is 5.56 Å². The maximum absolute atomic E-state index is 12.1. The molecule has 0 N–H and O–H groups in total. The van der Waals surface area contributed by atoms with Crippen LogP contribution in [0.25, 0.3) is 11.3 Å². The number of rotatable bonds is 5. The zero-order valence-electron chi connectivity index (χ0n) is 13.5. The fourth-order valence-electron chi connectivity index (χ4n) is 2.36. The monoisotopic (exact) mass is 323 g/mol. The van der Waals surface area contributed by atoms with Crippen LogP contribution in [-0.4, -0.2) is 29.0 Å². The number of nitrogens with zero attached hydrogens (tertiary/aromatic N) is 3. The van der Waals surface area contributed by atoms with Crippen molar-refractivity contribution in [2.45, 2.75) is 6.54 Å². The SMILES string of the molecule is COc1ccc(-c2ccc(=O)n(Cc3ccccn3)n2)cc1OC. The zero-order valence-corrected chi connectivity index (χ0v) is 13.5. The molecule has 3 rings (SSSR count). The molecule has 2 aromatic heterocycles. The van der Waals surface area contributed by atoms with Crippen molar-refractivity contribution in [2.24, 2.45) is 0 Å². The Kier molecular flexibility index (Phi) is 4.56. The van der Waals surface area contributed by atoms with Gasteiger partial charge in [0.25, 0.3) is 5.56 Å². The summed E-state index contributed by atoms with van der Waals surface area (Å²) in [5.74, 6) is 1.25. The molecular formula is C18H17N3O3. The van der Waals surface area contributed by atoms with E-state index in [1.54, 1.807) is 26.5 Å². The number of methoxy groups -OCH3 is 2. The molecule has 122 valence electrons. The molecule has 6 nitrogen and oxygen atoms in total. The smallest absolute Gasteiger partial charge is 0.267 e. The molecule has 0 fully saturated rings. The Hall–Kier alpha value is -3.15. The van der Waals surface area contributed by atoms with Gasteiger partial charge < -0.3 is 9.47 Å². The van der Waals surface area contributed by atoms with E-state index in [0.29, 0.717) is 23.7 Å². The van der Waals surface area contributed by atoms with Gasteiger partial charge in [-0.2, -0.15) is 5.10 Å². The molecule has 0 amide bonds. The van der Waals surface area contributed by atoms with Gasteiger partial charge in [0.15, 0.2) is 11.5 Å². The summed E-state index contributed by atoms with van der Waals surface area (Å²) < 4.78 is 12.0. The Morgan fingerprint density at radius 3 is 2.54 bits per heavy atom. The first-order chi connectivity index (χ1) is 11.7. The Labute approximate surface area is 139 Å². The van der Waals surface area contributed by atoms with Crippen molar-refractivity contribution in [3.05, 3.63) is 70.8 Å². The maximum atomic E-state index is 12.1. The lowest BCUT2D eigenvalue weighted by Gasteiger charge is -2.10. The van der Waals surface area contributed by atoms with Crippen LogP contribution in [0.2, 0.25) is 0 Å². The summed E-state index contributed by atoms with van der Waals surface area (Å²) in [6.07, 6.45) is 1.69. The molecule has 24 heavy (non-hydrogen) atoms. The highest BCUT2D eigenvalue weighted by atomic mass is 16.5. The quantitative estimate of drug-likeness (QED) is 0.721. The van der Waals surface area contributed by atoms with Crippen molar-refractivity contribution in [3.8, 4) is 22.8 Å². The molecule has 0 atom stereocenters. The molecule has 0 aliphatic heterocycles. The van der Waals surface area contributed by atoms with Crippen LogP contribution in [0, 0.1) is 0 Å². The molecule has 2 heterocycles. The second-order valence-electron chi connectivity index (χ2n) is 5.11. The number of pyridine rings is 1. The Balaban J connectivity index is 1.98. The summed E-state index contributed by atoms with van der Waals surface area (Å²) in [4.78, 5) is 16.3. The maximum Gasteiger partial charge on any atom is 0.267 e. The summed E-state index contributed by atoms with van der Waals surface area (Å²) in [5, 5.41) is 4.44. The van der Waals surface area contributed by atoms with Crippen molar-refractivity contribution in [1.82, 2.24) is 14.8 Å². The van der Waals surface area contributed by atoms with Crippen molar-refractivity contribution in [1.29, 1.82) is 0 Å². The second kappa shape index (κ2) is 6.95. The van der Waals surface area contributed by atoms with E-state index in [1.165, 1.54) is 10.7 Å². The van der Waals surface area contributed by atoms with Crippen LogP contribution in [-0.2, 0) is 6.54 Å². The van der Waals surface area contributed by atoms with Crippen LogP contribution in [0.5, 0.6) is 11.5 Å². The van der Waals surface area contributed by atoms with Gasteiger partial charge >= 0.3 is 0 Å². The first-order valence-corrected chi connectivity index (χ1v) is 7.42. The summed E-state index contributed by atoms with van der Waals surface area (Å²) in [5.41, 5.74) is 2.11. The van der Waals surface area contributed by atoms with Crippen LogP contribution >= 0.6 is 0 Å². The second-order valence-corrected chi connectivity index (χ2v) is 5.11.